The molecule has 4 nitrogen and oxygen atoms in total. The standard InChI is InChI=1S/C16H14N2O2S/c19-16(10-14-7-4-8-21-14)17-11-13-9-15(20-18-13)12-5-2-1-3-6-12/h1-9H,10-11H2,(H,17,19). The first kappa shape index (κ1) is 13.6. The van der Waals surface area contributed by atoms with Crippen LogP contribution in [0, 0.1) is 0 Å². The third kappa shape index (κ3) is 3.58. The predicted molar refractivity (Wildman–Crippen MR) is 81.8 cm³/mol. The van der Waals surface area contributed by atoms with Crippen molar-refractivity contribution in [2.24, 2.45) is 0 Å². The molecule has 0 aliphatic rings. The predicted octanol–water partition coefficient (Wildman–Crippen LogP) is 3.26. The van der Waals surface area contributed by atoms with Gasteiger partial charge in [0.15, 0.2) is 5.76 Å². The Bertz CT molecular complexity index is 705. The van der Waals surface area contributed by atoms with Crippen molar-refractivity contribution in [1.82, 2.24) is 10.5 Å². The molecule has 0 aliphatic heterocycles. The van der Waals surface area contributed by atoms with Crippen LogP contribution in [0.5, 0.6) is 0 Å². The molecule has 0 fully saturated rings. The molecular formula is C16H14N2O2S. The molecular weight excluding hydrogens is 284 g/mol. The summed E-state index contributed by atoms with van der Waals surface area (Å²) in [7, 11) is 0. The largest absolute Gasteiger partial charge is 0.356 e. The van der Waals surface area contributed by atoms with Crippen LogP contribution in [0.1, 0.15) is 10.6 Å². The lowest BCUT2D eigenvalue weighted by atomic mass is 10.2. The van der Waals surface area contributed by atoms with Crippen molar-refractivity contribution in [3.05, 3.63) is 64.5 Å². The summed E-state index contributed by atoms with van der Waals surface area (Å²) in [4.78, 5) is 12.9. The highest BCUT2D eigenvalue weighted by Crippen LogP contribution is 2.19. The molecule has 0 spiro atoms. The lowest BCUT2D eigenvalue weighted by Crippen LogP contribution is -2.24. The Balaban J connectivity index is 1.56. The summed E-state index contributed by atoms with van der Waals surface area (Å²) in [5.41, 5.74) is 1.69. The highest BCUT2D eigenvalue weighted by atomic mass is 32.1. The molecule has 2 heterocycles. The molecule has 0 atom stereocenters. The maximum atomic E-state index is 11.8. The summed E-state index contributed by atoms with van der Waals surface area (Å²) in [6.07, 6.45) is 0.404. The normalized spacial score (nSPS) is 10.5. The van der Waals surface area contributed by atoms with Crippen LogP contribution in [0.15, 0.2) is 58.4 Å². The van der Waals surface area contributed by atoms with Crippen LogP contribution in [-0.4, -0.2) is 11.1 Å². The maximum Gasteiger partial charge on any atom is 0.225 e. The van der Waals surface area contributed by atoms with Crippen LogP contribution in [0.3, 0.4) is 0 Å². The van der Waals surface area contributed by atoms with Crippen LogP contribution >= 0.6 is 11.3 Å². The Kier molecular flexibility index (Phi) is 4.12. The Morgan fingerprint density at radius 2 is 2.05 bits per heavy atom. The van der Waals surface area contributed by atoms with Crippen LogP contribution < -0.4 is 5.32 Å². The Labute approximate surface area is 126 Å². The van der Waals surface area contributed by atoms with Crippen molar-refractivity contribution in [2.75, 3.05) is 0 Å². The van der Waals surface area contributed by atoms with Gasteiger partial charge < -0.3 is 9.84 Å². The summed E-state index contributed by atoms with van der Waals surface area (Å²) >= 11 is 1.58. The number of hydrogen-bond donors (Lipinski definition) is 1. The minimum atomic E-state index is -0.0123. The fourth-order valence-electron chi connectivity index (χ4n) is 1.96. The van der Waals surface area contributed by atoms with Crippen molar-refractivity contribution in [2.45, 2.75) is 13.0 Å². The quantitative estimate of drug-likeness (QED) is 0.786. The molecule has 2 aromatic heterocycles. The zero-order valence-electron chi connectivity index (χ0n) is 11.3. The average molecular weight is 298 g/mol. The Hall–Kier alpha value is -2.40. The van der Waals surface area contributed by atoms with Gasteiger partial charge in [0, 0.05) is 16.5 Å². The molecule has 1 N–H and O–H groups in total. The van der Waals surface area contributed by atoms with Crippen molar-refractivity contribution >= 4 is 17.2 Å². The second-order valence-electron chi connectivity index (χ2n) is 4.58. The second-order valence-corrected chi connectivity index (χ2v) is 5.61. The molecule has 5 heteroatoms. The molecule has 0 saturated heterocycles. The van der Waals surface area contributed by atoms with E-state index in [-0.39, 0.29) is 5.91 Å². The number of carbonyl (C=O) groups excluding carboxylic acids is 1. The van der Waals surface area contributed by atoms with E-state index in [1.54, 1.807) is 11.3 Å². The number of carbonyl (C=O) groups is 1. The zero-order valence-corrected chi connectivity index (χ0v) is 12.1. The van der Waals surface area contributed by atoms with Crippen molar-refractivity contribution in [3.63, 3.8) is 0 Å². The van der Waals surface area contributed by atoms with Crippen LogP contribution in [0.25, 0.3) is 11.3 Å². The highest BCUT2D eigenvalue weighted by molar-refractivity contribution is 7.10. The molecule has 21 heavy (non-hydrogen) atoms. The number of nitrogens with zero attached hydrogens (tertiary/aromatic N) is 1. The van der Waals surface area contributed by atoms with E-state index in [0.29, 0.717) is 24.4 Å². The van der Waals surface area contributed by atoms with E-state index in [0.717, 1.165) is 10.4 Å². The van der Waals surface area contributed by atoms with E-state index in [4.69, 9.17) is 4.52 Å². The number of nitrogens with one attached hydrogen (secondary N) is 1. The van der Waals surface area contributed by atoms with Gasteiger partial charge >= 0.3 is 0 Å². The number of thiophene rings is 1. The summed E-state index contributed by atoms with van der Waals surface area (Å²) in [6.45, 7) is 0.376. The molecule has 3 rings (SSSR count). The van der Waals surface area contributed by atoms with Gasteiger partial charge in [0.1, 0.15) is 5.69 Å². The average Bonchev–Trinajstić information content (AvgIpc) is 3.17. The SMILES string of the molecule is O=C(Cc1cccs1)NCc1cc(-c2ccccc2)on1. The van der Waals surface area contributed by atoms with Crippen LogP contribution in [-0.2, 0) is 17.8 Å². The first-order chi connectivity index (χ1) is 10.3. The molecule has 0 bridgehead atoms. The molecule has 1 amide bonds. The van der Waals surface area contributed by atoms with Gasteiger partial charge in [-0.15, -0.1) is 11.3 Å². The molecule has 0 aliphatic carbocycles. The first-order valence-electron chi connectivity index (χ1n) is 6.61. The van der Waals surface area contributed by atoms with Gasteiger partial charge in [-0.25, -0.2) is 0 Å². The monoisotopic (exact) mass is 298 g/mol. The third-order valence-electron chi connectivity index (χ3n) is 3.00. The summed E-state index contributed by atoms with van der Waals surface area (Å²) < 4.78 is 5.29. The summed E-state index contributed by atoms with van der Waals surface area (Å²) in [5.74, 6) is 0.694. The number of amides is 1. The molecule has 0 unspecified atom stereocenters. The maximum absolute atomic E-state index is 11.8. The summed E-state index contributed by atoms with van der Waals surface area (Å²) in [6, 6.07) is 15.5. The fraction of sp³-hybridized carbons (Fsp3) is 0.125. The van der Waals surface area contributed by atoms with E-state index in [9.17, 15) is 4.79 Å². The van der Waals surface area contributed by atoms with Gasteiger partial charge in [-0.2, -0.15) is 0 Å². The zero-order chi connectivity index (χ0) is 14.5. The lowest BCUT2D eigenvalue weighted by Gasteiger charge is -2.00. The smallest absolute Gasteiger partial charge is 0.225 e. The number of benzene rings is 1. The topological polar surface area (TPSA) is 55.1 Å². The number of rotatable bonds is 5. The van der Waals surface area contributed by atoms with E-state index in [2.05, 4.69) is 10.5 Å². The molecule has 0 saturated carbocycles. The number of aromatic nitrogens is 1. The van der Waals surface area contributed by atoms with Gasteiger partial charge in [0.05, 0.1) is 13.0 Å². The van der Waals surface area contributed by atoms with Gasteiger partial charge in [-0.3, -0.25) is 4.79 Å². The number of hydrogen-bond acceptors (Lipinski definition) is 4. The first-order valence-corrected chi connectivity index (χ1v) is 7.49. The van der Waals surface area contributed by atoms with Gasteiger partial charge in [0.2, 0.25) is 5.91 Å². The van der Waals surface area contributed by atoms with Gasteiger partial charge in [0.25, 0.3) is 0 Å². The molecule has 3 aromatic rings. The molecule has 106 valence electrons. The van der Waals surface area contributed by atoms with Crippen molar-refractivity contribution in [1.29, 1.82) is 0 Å². The summed E-state index contributed by atoms with van der Waals surface area (Å²) in [5, 5.41) is 8.79. The van der Waals surface area contributed by atoms with Crippen LogP contribution in [0.4, 0.5) is 0 Å². The fourth-order valence-corrected chi connectivity index (χ4v) is 2.66. The highest BCUT2D eigenvalue weighted by Gasteiger charge is 2.08. The molecule has 0 radical (unpaired) electrons. The van der Waals surface area contributed by atoms with Crippen molar-refractivity contribution < 1.29 is 9.32 Å². The van der Waals surface area contributed by atoms with E-state index >= 15 is 0 Å². The van der Waals surface area contributed by atoms with Crippen LogP contribution in [0.2, 0.25) is 0 Å². The van der Waals surface area contributed by atoms with E-state index in [1.807, 2.05) is 53.9 Å². The Morgan fingerprint density at radius 3 is 2.81 bits per heavy atom. The third-order valence-corrected chi connectivity index (χ3v) is 3.88. The Morgan fingerprint density at radius 1 is 1.19 bits per heavy atom. The van der Waals surface area contributed by atoms with Gasteiger partial charge in [-0.1, -0.05) is 41.6 Å². The van der Waals surface area contributed by atoms with E-state index in [1.165, 1.54) is 0 Å². The lowest BCUT2D eigenvalue weighted by molar-refractivity contribution is -0.120. The van der Waals surface area contributed by atoms with E-state index < -0.39 is 0 Å². The molecule has 1 aromatic carbocycles. The minimum Gasteiger partial charge on any atom is -0.356 e. The van der Waals surface area contributed by atoms with Gasteiger partial charge in [-0.05, 0) is 11.4 Å². The second kappa shape index (κ2) is 6.37. The van der Waals surface area contributed by atoms with Crippen molar-refractivity contribution in [3.8, 4) is 11.3 Å². The minimum absolute atomic E-state index is 0.0123.